The Hall–Kier alpha value is -2.08. The molecule has 1 fully saturated rings. The molecule has 6 heteroatoms. The van der Waals surface area contributed by atoms with E-state index in [0.717, 1.165) is 31.6 Å². The minimum atomic E-state index is 0.0484. The number of guanidine groups is 1. The van der Waals surface area contributed by atoms with Crippen molar-refractivity contribution in [3.05, 3.63) is 30.3 Å². The van der Waals surface area contributed by atoms with Crippen molar-refractivity contribution in [3.63, 3.8) is 0 Å². The highest BCUT2D eigenvalue weighted by atomic mass is 16.2. The summed E-state index contributed by atoms with van der Waals surface area (Å²) in [4.78, 5) is 18.0. The summed E-state index contributed by atoms with van der Waals surface area (Å²) in [6.07, 6.45) is 3.37. The van der Waals surface area contributed by atoms with Crippen LogP contribution in [0.4, 0.5) is 5.69 Å². The fourth-order valence-electron chi connectivity index (χ4n) is 2.17. The molecule has 1 aromatic rings. The van der Waals surface area contributed by atoms with Crippen molar-refractivity contribution in [1.29, 1.82) is 0 Å². The second-order valence-electron chi connectivity index (χ2n) is 4.74. The summed E-state index contributed by atoms with van der Waals surface area (Å²) >= 11 is 0. The Morgan fingerprint density at radius 3 is 2.55 bits per heavy atom. The van der Waals surface area contributed by atoms with Crippen LogP contribution in [0.3, 0.4) is 0 Å². The largest absolute Gasteiger partial charge is 0.341 e. The Balaban J connectivity index is 1.88. The van der Waals surface area contributed by atoms with Crippen LogP contribution in [0.15, 0.2) is 35.3 Å². The number of para-hydroxylation sites is 1. The summed E-state index contributed by atoms with van der Waals surface area (Å²) in [6.45, 7) is 1.79. The maximum atomic E-state index is 12.0. The molecule has 20 heavy (non-hydrogen) atoms. The minimum Gasteiger partial charge on any atom is -0.341 e. The first-order valence-electron chi connectivity index (χ1n) is 6.90. The van der Waals surface area contributed by atoms with Crippen LogP contribution in [-0.2, 0) is 4.79 Å². The number of carbonyl (C=O) groups excluding carboxylic acids is 1. The first-order chi connectivity index (χ1) is 9.79. The van der Waals surface area contributed by atoms with Gasteiger partial charge in [-0.2, -0.15) is 0 Å². The van der Waals surface area contributed by atoms with Gasteiger partial charge in [0.25, 0.3) is 0 Å². The van der Waals surface area contributed by atoms with Crippen LogP contribution in [0, 0.1) is 0 Å². The number of benzene rings is 1. The number of hydrazine groups is 1. The Labute approximate surface area is 119 Å². The number of hydrogen-bond donors (Lipinski definition) is 3. The molecular formula is C14H21N5O. The molecule has 1 aliphatic heterocycles. The van der Waals surface area contributed by atoms with Crippen LogP contribution in [0.5, 0.6) is 0 Å². The number of piperidine rings is 1. The van der Waals surface area contributed by atoms with Crippen LogP contribution in [0.1, 0.15) is 19.3 Å². The third-order valence-corrected chi connectivity index (χ3v) is 3.25. The number of aliphatic imine (C=N–C) groups is 1. The highest BCUT2D eigenvalue weighted by Gasteiger charge is 2.15. The highest BCUT2D eigenvalue weighted by Crippen LogP contribution is 2.09. The quantitative estimate of drug-likeness (QED) is 0.332. The lowest BCUT2D eigenvalue weighted by Crippen LogP contribution is -2.40. The smallest absolute Gasteiger partial charge is 0.244 e. The molecule has 0 saturated carbocycles. The number of rotatable bonds is 3. The second-order valence-corrected chi connectivity index (χ2v) is 4.74. The molecule has 0 aliphatic carbocycles. The number of anilines is 1. The van der Waals surface area contributed by atoms with E-state index in [1.165, 1.54) is 6.42 Å². The normalized spacial score (nSPS) is 15.8. The maximum absolute atomic E-state index is 12.0. The number of carbonyl (C=O) groups is 1. The van der Waals surface area contributed by atoms with Crippen molar-refractivity contribution in [3.8, 4) is 0 Å². The van der Waals surface area contributed by atoms with Crippen LogP contribution in [0.25, 0.3) is 0 Å². The third kappa shape index (κ3) is 4.24. The van der Waals surface area contributed by atoms with E-state index in [0.29, 0.717) is 5.96 Å². The topological polar surface area (TPSA) is 82.7 Å². The lowest BCUT2D eigenvalue weighted by atomic mass is 10.1. The van der Waals surface area contributed by atoms with E-state index in [-0.39, 0.29) is 12.5 Å². The van der Waals surface area contributed by atoms with Gasteiger partial charge in [-0.15, -0.1) is 0 Å². The molecule has 0 atom stereocenters. The van der Waals surface area contributed by atoms with Crippen molar-refractivity contribution in [2.45, 2.75) is 19.3 Å². The van der Waals surface area contributed by atoms with Gasteiger partial charge >= 0.3 is 0 Å². The number of amides is 1. The van der Waals surface area contributed by atoms with Gasteiger partial charge in [-0.05, 0) is 31.4 Å². The van der Waals surface area contributed by atoms with E-state index in [4.69, 9.17) is 5.84 Å². The SMILES string of the molecule is NNC(=NCC(=O)N1CCCCC1)Nc1ccccc1. The molecule has 6 nitrogen and oxygen atoms in total. The number of nitrogens with one attached hydrogen (secondary N) is 2. The molecule has 1 saturated heterocycles. The predicted molar refractivity (Wildman–Crippen MR) is 80.1 cm³/mol. The minimum absolute atomic E-state index is 0.0484. The Kier molecular flexibility index (Phi) is 5.37. The van der Waals surface area contributed by atoms with Gasteiger partial charge in [0.15, 0.2) is 0 Å². The van der Waals surface area contributed by atoms with E-state index < -0.39 is 0 Å². The molecule has 0 aromatic heterocycles. The number of nitrogens with two attached hydrogens (primary N) is 1. The van der Waals surface area contributed by atoms with Gasteiger partial charge in [-0.25, -0.2) is 10.8 Å². The van der Waals surface area contributed by atoms with Gasteiger partial charge in [-0.3, -0.25) is 10.2 Å². The van der Waals surface area contributed by atoms with Gasteiger partial charge in [0, 0.05) is 18.8 Å². The molecule has 1 aromatic carbocycles. The number of hydrogen-bond acceptors (Lipinski definition) is 3. The molecule has 0 spiro atoms. The molecule has 1 amide bonds. The molecule has 2 rings (SSSR count). The average Bonchev–Trinajstić information content (AvgIpc) is 2.53. The molecular weight excluding hydrogens is 254 g/mol. The molecule has 4 N–H and O–H groups in total. The third-order valence-electron chi connectivity index (χ3n) is 3.25. The van der Waals surface area contributed by atoms with E-state index in [1.54, 1.807) is 0 Å². The maximum Gasteiger partial charge on any atom is 0.244 e. The second kappa shape index (κ2) is 7.49. The zero-order chi connectivity index (χ0) is 14.2. The van der Waals surface area contributed by atoms with Crippen LogP contribution in [0.2, 0.25) is 0 Å². The lowest BCUT2D eigenvalue weighted by molar-refractivity contribution is -0.130. The Morgan fingerprint density at radius 1 is 1.20 bits per heavy atom. The van der Waals surface area contributed by atoms with Gasteiger partial charge in [0.1, 0.15) is 6.54 Å². The fourth-order valence-corrected chi connectivity index (χ4v) is 2.17. The van der Waals surface area contributed by atoms with E-state index in [2.05, 4.69) is 15.7 Å². The van der Waals surface area contributed by atoms with Crippen molar-refractivity contribution in [2.24, 2.45) is 10.8 Å². The molecule has 0 bridgehead atoms. The van der Waals surface area contributed by atoms with E-state index in [1.807, 2.05) is 35.2 Å². The van der Waals surface area contributed by atoms with Gasteiger partial charge in [0.2, 0.25) is 11.9 Å². The number of likely N-dealkylation sites (tertiary alicyclic amines) is 1. The first-order valence-corrected chi connectivity index (χ1v) is 6.90. The lowest BCUT2D eigenvalue weighted by Gasteiger charge is -2.26. The predicted octanol–water partition coefficient (Wildman–Crippen LogP) is 0.930. The van der Waals surface area contributed by atoms with Crippen molar-refractivity contribution >= 4 is 17.6 Å². The Morgan fingerprint density at radius 2 is 1.90 bits per heavy atom. The fraction of sp³-hybridized carbons (Fsp3) is 0.429. The molecule has 108 valence electrons. The molecule has 1 aliphatic rings. The standard InChI is InChI=1S/C14H21N5O/c15-18-14(17-12-7-3-1-4-8-12)16-11-13(20)19-9-5-2-6-10-19/h1,3-4,7-8H,2,5-6,9-11,15H2,(H2,16,17,18). The van der Waals surface area contributed by atoms with Crippen molar-refractivity contribution in [1.82, 2.24) is 10.3 Å². The van der Waals surface area contributed by atoms with Gasteiger partial charge in [0.05, 0.1) is 0 Å². The zero-order valence-electron chi connectivity index (χ0n) is 11.5. The molecule has 0 radical (unpaired) electrons. The van der Waals surface area contributed by atoms with Crippen LogP contribution in [-0.4, -0.2) is 36.4 Å². The highest BCUT2D eigenvalue weighted by molar-refractivity contribution is 5.94. The van der Waals surface area contributed by atoms with Crippen molar-refractivity contribution in [2.75, 3.05) is 25.0 Å². The molecule has 1 heterocycles. The summed E-state index contributed by atoms with van der Waals surface area (Å²) in [5, 5.41) is 3.03. The number of nitrogens with zero attached hydrogens (tertiary/aromatic N) is 2. The summed E-state index contributed by atoms with van der Waals surface area (Å²) in [7, 11) is 0. The summed E-state index contributed by atoms with van der Waals surface area (Å²) in [5.41, 5.74) is 3.35. The zero-order valence-corrected chi connectivity index (χ0v) is 11.5. The average molecular weight is 275 g/mol. The summed E-state index contributed by atoms with van der Waals surface area (Å²) in [6, 6.07) is 9.56. The Bertz CT molecular complexity index is 454. The van der Waals surface area contributed by atoms with Crippen LogP contribution < -0.4 is 16.6 Å². The molecule has 0 unspecified atom stereocenters. The van der Waals surface area contributed by atoms with Crippen molar-refractivity contribution < 1.29 is 4.79 Å². The van der Waals surface area contributed by atoms with Gasteiger partial charge < -0.3 is 10.2 Å². The van der Waals surface area contributed by atoms with E-state index in [9.17, 15) is 4.79 Å². The first kappa shape index (κ1) is 14.3. The summed E-state index contributed by atoms with van der Waals surface area (Å²) < 4.78 is 0. The summed E-state index contributed by atoms with van der Waals surface area (Å²) in [5.74, 6) is 5.86. The van der Waals surface area contributed by atoms with E-state index >= 15 is 0 Å². The monoisotopic (exact) mass is 275 g/mol. The van der Waals surface area contributed by atoms with Crippen LogP contribution >= 0.6 is 0 Å². The van der Waals surface area contributed by atoms with Gasteiger partial charge in [-0.1, -0.05) is 18.2 Å².